The summed E-state index contributed by atoms with van der Waals surface area (Å²) in [6.45, 7) is 1.73. The number of nitriles is 1. The monoisotopic (exact) mass is 336 g/mol. The average Bonchev–Trinajstić information content (AvgIpc) is 2.98. The lowest BCUT2D eigenvalue weighted by atomic mass is 10.1. The second-order valence-electron chi connectivity index (χ2n) is 5.20. The number of nitrogens with zero attached hydrogens (tertiary/aromatic N) is 1. The highest BCUT2D eigenvalue weighted by Crippen LogP contribution is 2.27. The van der Waals surface area contributed by atoms with Gasteiger partial charge in [0.1, 0.15) is 17.6 Å². The molecule has 0 aliphatic carbocycles. The standard InChI is InChI=1S/C19H13ClN2O2/c1-12-16(10-18(24-12)13-6-8-15(20)9-7-13)19(23)22-17-5-3-2-4-14(17)11-21/h2-10H,1H3,(H,22,23). The van der Waals surface area contributed by atoms with Crippen molar-refractivity contribution in [2.24, 2.45) is 0 Å². The van der Waals surface area contributed by atoms with Crippen molar-refractivity contribution in [3.05, 3.63) is 76.5 Å². The number of benzene rings is 2. The highest BCUT2D eigenvalue weighted by Gasteiger charge is 2.17. The van der Waals surface area contributed by atoms with Crippen LogP contribution in [-0.2, 0) is 0 Å². The molecule has 2 aromatic carbocycles. The molecule has 0 fully saturated rings. The van der Waals surface area contributed by atoms with Crippen LogP contribution in [-0.4, -0.2) is 5.91 Å². The van der Waals surface area contributed by atoms with Gasteiger partial charge in [0.05, 0.1) is 16.8 Å². The molecule has 24 heavy (non-hydrogen) atoms. The normalized spacial score (nSPS) is 10.2. The van der Waals surface area contributed by atoms with Crippen molar-refractivity contribution in [1.82, 2.24) is 0 Å². The summed E-state index contributed by atoms with van der Waals surface area (Å²) in [6.07, 6.45) is 0. The van der Waals surface area contributed by atoms with Gasteiger partial charge in [-0.1, -0.05) is 23.7 Å². The minimum absolute atomic E-state index is 0.320. The summed E-state index contributed by atoms with van der Waals surface area (Å²) in [6, 6.07) is 17.8. The van der Waals surface area contributed by atoms with Crippen molar-refractivity contribution >= 4 is 23.2 Å². The van der Waals surface area contributed by atoms with Gasteiger partial charge in [-0.15, -0.1) is 0 Å². The number of rotatable bonds is 3. The van der Waals surface area contributed by atoms with Crippen molar-refractivity contribution in [2.75, 3.05) is 5.32 Å². The molecule has 3 aromatic rings. The first-order chi connectivity index (χ1) is 11.6. The minimum Gasteiger partial charge on any atom is -0.461 e. The molecule has 0 spiro atoms. The van der Waals surface area contributed by atoms with E-state index in [1.54, 1.807) is 49.4 Å². The highest BCUT2D eigenvalue weighted by atomic mass is 35.5. The van der Waals surface area contributed by atoms with E-state index in [1.165, 1.54) is 0 Å². The van der Waals surface area contributed by atoms with Gasteiger partial charge in [0.25, 0.3) is 5.91 Å². The first-order valence-electron chi connectivity index (χ1n) is 7.25. The van der Waals surface area contributed by atoms with Gasteiger partial charge in [-0.05, 0) is 49.4 Å². The zero-order valence-corrected chi connectivity index (χ0v) is 13.6. The molecule has 1 aromatic heterocycles. The first-order valence-corrected chi connectivity index (χ1v) is 7.63. The number of aryl methyl sites for hydroxylation is 1. The lowest BCUT2D eigenvalue weighted by Gasteiger charge is -2.05. The molecule has 118 valence electrons. The van der Waals surface area contributed by atoms with Crippen molar-refractivity contribution in [3.8, 4) is 17.4 Å². The number of amides is 1. The number of nitrogens with one attached hydrogen (secondary N) is 1. The van der Waals surface area contributed by atoms with E-state index < -0.39 is 0 Å². The predicted molar refractivity (Wildman–Crippen MR) is 93.0 cm³/mol. The molecule has 0 bridgehead atoms. The highest BCUT2D eigenvalue weighted by molar-refractivity contribution is 6.30. The molecule has 1 N–H and O–H groups in total. The van der Waals surface area contributed by atoms with E-state index in [9.17, 15) is 4.79 Å². The Kier molecular flexibility index (Phi) is 4.37. The van der Waals surface area contributed by atoms with E-state index in [4.69, 9.17) is 21.3 Å². The van der Waals surface area contributed by atoms with Crippen LogP contribution in [0.3, 0.4) is 0 Å². The van der Waals surface area contributed by atoms with Crippen LogP contribution in [0.1, 0.15) is 21.7 Å². The van der Waals surface area contributed by atoms with Gasteiger partial charge in [-0.25, -0.2) is 0 Å². The van der Waals surface area contributed by atoms with Crippen molar-refractivity contribution in [3.63, 3.8) is 0 Å². The molecule has 0 aliphatic rings. The van der Waals surface area contributed by atoms with Crippen molar-refractivity contribution in [2.45, 2.75) is 6.92 Å². The molecule has 0 saturated heterocycles. The van der Waals surface area contributed by atoms with E-state index in [1.807, 2.05) is 12.1 Å². The molecule has 0 atom stereocenters. The summed E-state index contributed by atoms with van der Waals surface area (Å²) in [4.78, 5) is 12.5. The number of furan rings is 1. The number of carbonyl (C=O) groups is 1. The zero-order valence-electron chi connectivity index (χ0n) is 12.8. The van der Waals surface area contributed by atoms with Crippen LogP contribution < -0.4 is 5.32 Å². The molecular formula is C19H13ClN2O2. The molecule has 3 rings (SSSR count). The van der Waals surface area contributed by atoms with Gasteiger partial charge in [0.15, 0.2) is 0 Å². The summed E-state index contributed by atoms with van der Waals surface area (Å²) in [7, 11) is 0. The number of para-hydroxylation sites is 1. The number of anilines is 1. The van der Waals surface area contributed by atoms with Crippen LogP contribution in [0.5, 0.6) is 0 Å². The lowest BCUT2D eigenvalue weighted by Crippen LogP contribution is -2.13. The maximum Gasteiger partial charge on any atom is 0.259 e. The molecule has 5 heteroatoms. The Morgan fingerprint density at radius 1 is 1.17 bits per heavy atom. The summed E-state index contributed by atoms with van der Waals surface area (Å²) in [5.41, 5.74) is 2.13. The maximum absolute atomic E-state index is 12.5. The second-order valence-corrected chi connectivity index (χ2v) is 5.64. The Labute approximate surface area is 144 Å². The number of carbonyl (C=O) groups excluding carboxylic acids is 1. The number of halogens is 1. The Morgan fingerprint density at radius 2 is 1.88 bits per heavy atom. The van der Waals surface area contributed by atoms with Gasteiger partial charge in [-0.3, -0.25) is 4.79 Å². The predicted octanol–water partition coefficient (Wildman–Crippen LogP) is 5.03. The molecule has 4 nitrogen and oxygen atoms in total. The molecule has 0 saturated carbocycles. The van der Waals surface area contributed by atoms with Crippen LogP contribution in [0.15, 0.2) is 59.0 Å². The van der Waals surface area contributed by atoms with Crippen molar-refractivity contribution < 1.29 is 9.21 Å². The SMILES string of the molecule is Cc1oc(-c2ccc(Cl)cc2)cc1C(=O)Nc1ccccc1C#N. The molecule has 0 aliphatic heterocycles. The molecular weight excluding hydrogens is 324 g/mol. The Hall–Kier alpha value is -3.03. The summed E-state index contributed by atoms with van der Waals surface area (Å²) in [5, 5.41) is 12.5. The second kappa shape index (κ2) is 6.61. The Balaban J connectivity index is 1.88. The van der Waals surface area contributed by atoms with Gasteiger partial charge in [0.2, 0.25) is 0 Å². The van der Waals surface area contributed by atoms with Crippen LogP contribution >= 0.6 is 11.6 Å². The van der Waals surface area contributed by atoms with Crippen LogP contribution in [0.25, 0.3) is 11.3 Å². The number of hydrogen-bond donors (Lipinski definition) is 1. The fraction of sp³-hybridized carbons (Fsp3) is 0.0526. The largest absolute Gasteiger partial charge is 0.461 e. The van der Waals surface area contributed by atoms with Gasteiger partial charge in [0, 0.05) is 10.6 Å². The van der Waals surface area contributed by atoms with E-state index in [-0.39, 0.29) is 5.91 Å². The van der Waals surface area contributed by atoms with Crippen molar-refractivity contribution in [1.29, 1.82) is 5.26 Å². The van der Waals surface area contributed by atoms with E-state index in [0.29, 0.717) is 33.4 Å². The summed E-state index contributed by atoms with van der Waals surface area (Å²) >= 11 is 5.88. The fourth-order valence-electron chi connectivity index (χ4n) is 2.34. The van der Waals surface area contributed by atoms with Crippen LogP contribution in [0.4, 0.5) is 5.69 Å². The zero-order chi connectivity index (χ0) is 17.1. The Bertz CT molecular complexity index is 937. The third kappa shape index (κ3) is 3.17. The van der Waals surface area contributed by atoms with E-state index >= 15 is 0 Å². The molecule has 0 unspecified atom stereocenters. The topological polar surface area (TPSA) is 66.0 Å². The smallest absolute Gasteiger partial charge is 0.259 e. The lowest BCUT2D eigenvalue weighted by molar-refractivity contribution is 0.102. The van der Waals surface area contributed by atoms with Gasteiger partial charge >= 0.3 is 0 Å². The third-order valence-electron chi connectivity index (χ3n) is 3.59. The number of hydrogen-bond acceptors (Lipinski definition) is 3. The van der Waals surface area contributed by atoms with Gasteiger partial charge < -0.3 is 9.73 Å². The fourth-order valence-corrected chi connectivity index (χ4v) is 2.47. The Morgan fingerprint density at radius 3 is 2.58 bits per heavy atom. The minimum atomic E-state index is -0.320. The van der Waals surface area contributed by atoms with Crippen LogP contribution in [0.2, 0.25) is 5.02 Å². The van der Waals surface area contributed by atoms with Gasteiger partial charge in [-0.2, -0.15) is 5.26 Å². The summed E-state index contributed by atoms with van der Waals surface area (Å²) in [5.74, 6) is 0.772. The van der Waals surface area contributed by atoms with E-state index in [0.717, 1.165) is 5.56 Å². The van der Waals surface area contributed by atoms with E-state index in [2.05, 4.69) is 11.4 Å². The quantitative estimate of drug-likeness (QED) is 0.729. The van der Waals surface area contributed by atoms with Crippen LogP contribution in [0, 0.1) is 18.3 Å². The molecule has 0 radical (unpaired) electrons. The molecule has 1 heterocycles. The summed E-state index contributed by atoms with van der Waals surface area (Å²) < 4.78 is 5.69. The maximum atomic E-state index is 12.5. The average molecular weight is 337 g/mol. The molecule has 1 amide bonds. The first kappa shape index (κ1) is 15.9. The third-order valence-corrected chi connectivity index (χ3v) is 3.84.